The maximum atomic E-state index is 12.1. The molecule has 7 heteroatoms. The van der Waals surface area contributed by atoms with Gasteiger partial charge in [0, 0.05) is 25.9 Å². The summed E-state index contributed by atoms with van der Waals surface area (Å²) >= 11 is 5.25. The third kappa shape index (κ3) is 8.64. The number of benzene rings is 1. The maximum Gasteiger partial charge on any atom is 0.305 e. The highest BCUT2D eigenvalue weighted by atomic mass is 32.1. The Kier molecular flexibility index (Phi) is 10.2. The van der Waals surface area contributed by atoms with Crippen molar-refractivity contribution in [3.8, 4) is 0 Å². The molecule has 0 saturated carbocycles. The fourth-order valence-corrected chi connectivity index (χ4v) is 3.34. The molecule has 158 valence electrons. The lowest BCUT2D eigenvalue weighted by atomic mass is 10.1. The van der Waals surface area contributed by atoms with Crippen LogP contribution in [0.3, 0.4) is 0 Å². The van der Waals surface area contributed by atoms with Crippen molar-refractivity contribution < 1.29 is 19.1 Å². The number of hydrogen-bond acceptors (Lipinski definition) is 5. The second-order valence-corrected chi connectivity index (χ2v) is 7.31. The van der Waals surface area contributed by atoms with E-state index in [0.29, 0.717) is 37.7 Å². The van der Waals surface area contributed by atoms with Gasteiger partial charge in [-0.1, -0.05) is 42.5 Å². The molecule has 1 N–H and O–H groups in total. The number of nitrogens with zero attached hydrogens (tertiary/aromatic N) is 1. The molecule has 1 aromatic carbocycles. The Balaban J connectivity index is 1.64. The number of carbonyl (C=O) groups is 2. The Hall–Kier alpha value is -2.41. The molecule has 1 amide bonds. The van der Waals surface area contributed by atoms with E-state index < -0.39 is 0 Å². The van der Waals surface area contributed by atoms with E-state index in [4.69, 9.17) is 17.0 Å². The van der Waals surface area contributed by atoms with Crippen LogP contribution in [0.5, 0.6) is 0 Å². The summed E-state index contributed by atoms with van der Waals surface area (Å²) in [5.41, 5.74) is 1.24. The van der Waals surface area contributed by atoms with Crippen LogP contribution in [0, 0.1) is 0 Å². The molecule has 1 aromatic rings. The number of likely N-dealkylation sites (tertiary alicyclic amines) is 1. The van der Waals surface area contributed by atoms with E-state index in [2.05, 4.69) is 22.2 Å². The number of unbranched alkanes of at least 4 members (excludes halogenated alkanes) is 1. The molecule has 0 radical (unpaired) electrons. The van der Waals surface area contributed by atoms with Gasteiger partial charge in [-0.25, -0.2) is 0 Å². The number of rotatable bonds is 11. The highest BCUT2D eigenvalue weighted by molar-refractivity contribution is 7.80. The zero-order valence-corrected chi connectivity index (χ0v) is 17.8. The Morgan fingerprint density at radius 1 is 1.31 bits per heavy atom. The number of allylic oxidation sites excluding steroid dienone is 1. The number of amides is 1. The molecule has 0 aromatic heterocycles. The van der Waals surface area contributed by atoms with Crippen molar-refractivity contribution in [1.82, 2.24) is 10.2 Å². The first-order valence-corrected chi connectivity index (χ1v) is 10.5. The fourth-order valence-electron chi connectivity index (χ4n) is 3.17. The smallest absolute Gasteiger partial charge is 0.305 e. The maximum absolute atomic E-state index is 12.1. The number of nitrogens with one attached hydrogen (secondary N) is 1. The molecule has 1 fully saturated rings. The number of hydrogen-bond donors (Lipinski definition) is 1. The van der Waals surface area contributed by atoms with E-state index in [0.717, 1.165) is 25.7 Å². The molecule has 1 aliphatic rings. The van der Waals surface area contributed by atoms with Gasteiger partial charge in [-0.05, 0) is 43.5 Å². The molecule has 0 aliphatic carbocycles. The lowest BCUT2D eigenvalue weighted by Crippen LogP contribution is -2.38. The van der Waals surface area contributed by atoms with Crippen molar-refractivity contribution in [1.29, 1.82) is 0 Å². The molecule has 29 heavy (non-hydrogen) atoms. The second kappa shape index (κ2) is 12.9. The Morgan fingerprint density at radius 3 is 2.86 bits per heavy atom. The molecule has 2 rings (SSSR count). The molecular weight excluding hydrogens is 388 g/mol. The summed E-state index contributed by atoms with van der Waals surface area (Å²) in [6, 6.07) is 10.2. The first kappa shape index (κ1) is 22.9. The van der Waals surface area contributed by atoms with Gasteiger partial charge in [0.25, 0.3) is 5.17 Å². The Morgan fingerprint density at radius 2 is 2.10 bits per heavy atom. The van der Waals surface area contributed by atoms with E-state index in [1.807, 2.05) is 35.3 Å². The highest BCUT2D eigenvalue weighted by Crippen LogP contribution is 2.19. The van der Waals surface area contributed by atoms with Gasteiger partial charge in [0.05, 0.1) is 13.2 Å². The normalized spacial score (nSPS) is 16.2. The topological polar surface area (TPSA) is 67.9 Å². The van der Waals surface area contributed by atoms with Crippen LogP contribution in [-0.2, 0) is 25.5 Å². The predicted molar refractivity (Wildman–Crippen MR) is 116 cm³/mol. The number of esters is 1. The molecule has 0 spiro atoms. The van der Waals surface area contributed by atoms with Gasteiger partial charge in [0.1, 0.15) is 6.61 Å². The number of thiocarbonyl (C=S) groups is 1. The first-order valence-electron chi connectivity index (χ1n) is 10.1. The fraction of sp³-hybridized carbons (Fsp3) is 0.500. The van der Waals surface area contributed by atoms with Crippen molar-refractivity contribution >= 4 is 29.3 Å². The summed E-state index contributed by atoms with van der Waals surface area (Å²) in [4.78, 5) is 25.0. The average molecular weight is 419 g/mol. The van der Waals surface area contributed by atoms with Crippen LogP contribution in [-0.4, -0.2) is 54.8 Å². The van der Waals surface area contributed by atoms with Crippen LogP contribution in [0.15, 0.2) is 42.5 Å². The summed E-state index contributed by atoms with van der Waals surface area (Å²) in [7, 11) is 1.39. The van der Waals surface area contributed by atoms with Gasteiger partial charge in [0.2, 0.25) is 5.91 Å². The predicted octanol–water partition coefficient (Wildman–Crippen LogP) is 3.01. The van der Waals surface area contributed by atoms with Crippen LogP contribution in [0.25, 0.3) is 0 Å². The quantitative estimate of drug-likeness (QED) is 0.258. The summed E-state index contributed by atoms with van der Waals surface area (Å²) in [5.74, 6) is -0.0561. The lowest BCUT2D eigenvalue weighted by Gasteiger charge is -2.23. The number of methoxy groups -OCH3 is 1. The third-order valence-electron chi connectivity index (χ3n) is 4.83. The molecule has 1 atom stereocenters. The largest absolute Gasteiger partial charge is 0.469 e. The summed E-state index contributed by atoms with van der Waals surface area (Å²) < 4.78 is 10.3. The van der Waals surface area contributed by atoms with Crippen LogP contribution in [0.4, 0.5) is 0 Å². The molecule has 0 bridgehead atoms. The molecule has 1 saturated heterocycles. The van der Waals surface area contributed by atoms with Crippen LogP contribution >= 0.6 is 12.2 Å². The minimum atomic E-state index is -0.196. The number of carbonyl (C=O) groups excluding carboxylic acids is 2. The summed E-state index contributed by atoms with van der Waals surface area (Å²) in [6.07, 6.45) is 8.11. The van der Waals surface area contributed by atoms with E-state index in [9.17, 15) is 9.59 Å². The minimum Gasteiger partial charge on any atom is -0.469 e. The van der Waals surface area contributed by atoms with Crippen LogP contribution < -0.4 is 5.32 Å². The standard InChI is InChI=1S/C22H30N2O4S/c1-27-21(26)11-7-2-3-8-16-24-19(12-13-20(24)25)17-28-22(29)23-15-14-18-9-5-4-6-10-18/h3-6,8-10,19H,2,7,11-17H2,1H3,(H,23,29). The van der Waals surface area contributed by atoms with Crippen molar-refractivity contribution in [3.05, 3.63) is 48.0 Å². The van der Waals surface area contributed by atoms with Crippen molar-refractivity contribution in [3.63, 3.8) is 0 Å². The third-order valence-corrected chi connectivity index (χ3v) is 5.10. The van der Waals surface area contributed by atoms with Gasteiger partial charge in [-0.2, -0.15) is 0 Å². The van der Waals surface area contributed by atoms with E-state index in [-0.39, 0.29) is 17.9 Å². The van der Waals surface area contributed by atoms with Crippen molar-refractivity contribution in [2.75, 3.05) is 26.8 Å². The lowest BCUT2D eigenvalue weighted by molar-refractivity contribution is -0.140. The van der Waals surface area contributed by atoms with Crippen LogP contribution in [0.1, 0.15) is 37.7 Å². The Bertz CT molecular complexity index is 693. The van der Waals surface area contributed by atoms with Gasteiger partial charge in [-0.3, -0.25) is 9.59 Å². The highest BCUT2D eigenvalue weighted by Gasteiger charge is 2.30. The summed E-state index contributed by atoms with van der Waals surface area (Å²) in [5, 5.41) is 3.49. The molecule has 1 unspecified atom stereocenters. The first-order chi connectivity index (χ1) is 14.1. The van der Waals surface area contributed by atoms with Crippen LogP contribution in [0.2, 0.25) is 0 Å². The van der Waals surface area contributed by atoms with Gasteiger partial charge in [0.15, 0.2) is 0 Å². The zero-order valence-electron chi connectivity index (χ0n) is 17.0. The Labute approximate surface area is 178 Å². The second-order valence-electron chi connectivity index (χ2n) is 6.94. The van der Waals surface area contributed by atoms with Gasteiger partial charge >= 0.3 is 5.97 Å². The van der Waals surface area contributed by atoms with E-state index in [1.54, 1.807) is 0 Å². The number of ether oxygens (including phenoxy) is 2. The average Bonchev–Trinajstić information content (AvgIpc) is 3.09. The minimum absolute atomic E-state index is 0.0380. The van der Waals surface area contributed by atoms with E-state index >= 15 is 0 Å². The monoisotopic (exact) mass is 418 g/mol. The SMILES string of the molecule is COC(=O)CCCC=CCN1C(=O)CCC1COC(=S)NCCc1ccccc1. The molecule has 1 heterocycles. The van der Waals surface area contributed by atoms with Crippen molar-refractivity contribution in [2.24, 2.45) is 0 Å². The van der Waals surface area contributed by atoms with Crippen molar-refractivity contribution in [2.45, 2.75) is 44.6 Å². The molecular formula is C22H30N2O4S. The van der Waals surface area contributed by atoms with E-state index in [1.165, 1.54) is 12.7 Å². The summed E-state index contributed by atoms with van der Waals surface area (Å²) in [6.45, 7) is 1.67. The van der Waals surface area contributed by atoms with Gasteiger partial charge in [-0.15, -0.1) is 0 Å². The van der Waals surface area contributed by atoms with Gasteiger partial charge < -0.3 is 19.7 Å². The zero-order chi connectivity index (χ0) is 20.9. The molecule has 1 aliphatic heterocycles. The molecule has 6 nitrogen and oxygen atoms in total.